The summed E-state index contributed by atoms with van der Waals surface area (Å²) in [6.45, 7) is 8.45. The minimum absolute atomic E-state index is 0.113. The Morgan fingerprint density at radius 1 is 1.43 bits per heavy atom. The fourth-order valence-corrected chi connectivity index (χ4v) is 2.07. The zero-order valence-corrected chi connectivity index (χ0v) is 10.1. The molecule has 1 atom stereocenters. The molecule has 2 heteroatoms. The van der Waals surface area contributed by atoms with E-state index in [2.05, 4.69) is 31.0 Å². The Bertz CT molecular complexity index is 288. The summed E-state index contributed by atoms with van der Waals surface area (Å²) in [4.78, 5) is 4.31. The van der Waals surface area contributed by atoms with Crippen molar-refractivity contribution in [3.63, 3.8) is 0 Å². The molecule has 0 aliphatic carbocycles. The third-order valence-electron chi connectivity index (χ3n) is 2.48. The average molecular weight is 212 g/mol. The van der Waals surface area contributed by atoms with E-state index >= 15 is 0 Å². The van der Waals surface area contributed by atoms with Gasteiger partial charge in [-0.2, -0.15) is 0 Å². The van der Waals surface area contributed by atoms with Crippen LogP contribution in [0.15, 0.2) is 18.3 Å². The zero-order chi connectivity index (χ0) is 10.8. The molecule has 0 saturated carbocycles. The van der Waals surface area contributed by atoms with Gasteiger partial charge in [0.2, 0.25) is 0 Å². The summed E-state index contributed by atoms with van der Waals surface area (Å²) in [5, 5.41) is 0.200. The van der Waals surface area contributed by atoms with Crippen LogP contribution in [0.3, 0.4) is 0 Å². The van der Waals surface area contributed by atoms with Gasteiger partial charge in [0.1, 0.15) is 0 Å². The maximum Gasteiger partial charge on any atom is 0.0372 e. The molecular weight excluding hydrogens is 194 g/mol. The molecule has 1 heterocycles. The van der Waals surface area contributed by atoms with Crippen LogP contribution in [-0.2, 0) is 5.41 Å². The molecule has 0 N–H and O–H groups in total. The Morgan fingerprint density at radius 2 is 2.07 bits per heavy atom. The lowest BCUT2D eigenvalue weighted by Crippen LogP contribution is -2.21. The summed E-state index contributed by atoms with van der Waals surface area (Å²) >= 11 is 6.02. The average Bonchev–Trinajstić information content (AvgIpc) is 2.02. The highest BCUT2D eigenvalue weighted by Gasteiger charge is 2.22. The lowest BCUT2D eigenvalue weighted by molar-refractivity contribution is 0.475. The number of hydrogen-bond donors (Lipinski definition) is 0. The zero-order valence-electron chi connectivity index (χ0n) is 9.34. The molecule has 0 aliphatic heterocycles. The Hall–Kier alpha value is -0.560. The number of rotatable bonds is 3. The molecule has 1 aromatic rings. The van der Waals surface area contributed by atoms with Gasteiger partial charge in [-0.3, -0.25) is 4.98 Å². The first-order valence-electron chi connectivity index (χ1n) is 4.99. The summed E-state index contributed by atoms with van der Waals surface area (Å²) in [5.74, 6) is 0. The van der Waals surface area contributed by atoms with Crippen molar-refractivity contribution in [1.29, 1.82) is 0 Å². The number of aromatic nitrogens is 1. The molecule has 0 amide bonds. The van der Waals surface area contributed by atoms with Crippen LogP contribution in [0.2, 0.25) is 0 Å². The third kappa shape index (κ3) is 2.98. The van der Waals surface area contributed by atoms with Crippen LogP contribution in [0.25, 0.3) is 0 Å². The number of nitrogens with zero attached hydrogens (tertiary/aromatic N) is 1. The van der Waals surface area contributed by atoms with E-state index < -0.39 is 0 Å². The van der Waals surface area contributed by atoms with Gasteiger partial charge < -0.3 is 0 Å². The van der Waals surface area contributed by atoms with E-state index in [1.54, 1.807) is 0 Å². The second kappa shape index (κ2) is 4.31. The standard InChI is InChI=1S/C12H18ClN/c1-9(13)7-12(3,4)11-6-5-10(2)14-8-11/h5-6,8-9H,7H2,1-4H3. The minimum atomic E-state index is 0.113. The van der Waals surface area contributed by atoms with Crippen molar-refractivity contribution in [3.8, 4) is 0 Å². The molecule has 0 fully saturated rings. The van der Waals surface area contributed by atoms with Crippen LogP contribution < -0.4 is 0 Å². The van der Waals surface area contributed by atoms with E-state index in [-0.39, 0.29) is 10.8 Å². The predicted molar refractivity (Wildman–Crippen MR) is 61.9 cm³/mol. The predicted octanol–water partition coefficient (Wildman–Crippen LogP) is 3.69. The van der Waals surface area contributed by atoms with Crippen molar-refractivity contribution in [1.82, 2.24) is 4.98 Å². The van der Waals surface area contributed by atoms with E-state index in [4.69, 9.17) is 11.6 Å². The Kier molecular flexibility index (Phi) is 3.54. The highest BCUT2D eigenvalue weighted by Crippen LogP contribution is 2.29. The van der Waals surface area contributed by atoms with Gasteiger partial charge >= 0.3 is 0 Å². The Balaban J connectivity index is 2.86. The number of aryl methyl sites for hydroxylation is 1. The van der Waals surface area contributed by atoms with Gasteiger partial charge in [-0.15, -0.1) is 11.6 Å². The third-order valence-corrected chi connectivity index (χ3v) is 2.64. The summed E-state index contributed by atoms with van der Waals surface area (Å²) in [6.07, 6.45) is 2.92. The molecular formula is C12H18ClN. The molecule has 0 aromatic carbocycles. The first-order chi connectivity index (χ1) is 6.42. The van der Waals surface area contributed by atoms with Crippen LogP contribution in [0.1, 0.15) is 38.4 Å². The van der Waals surface area contributed by atoms with Crippen molar-refractivity contribution in [3.05, 3.63) is 29.6 Å². The normalized spacial score (nSPS) is 14.1. The molecule has 0 spiro atoms. The van der Waals surface area contributed by atoms with Gasteiger partial charge in [-0.05, 0) is 37.3 Å². The first kappa shape index (κ1) is 11.5. The largest absolute Gasteiger partial charge is 0.261 e. The molecule has 14 heavy (non-hydrogen) atoms. The molecule has 0 aliphatic rings. The minimum Gasteiger partial charge on any atom is -0.261 e. The second-order valence-corrected chi connectivity index (χ2v) is 5.30. The number of hydrogen-bond acceptors (Lipinski definition) is 1. The highest BCUT2D eigenvalue weighted by molar-refractivity contribution is 6.20. The summed E-state index contributed by atoms with van der Waals surface area (Å²) in [6, 6.07) is 4.19. The summed E-state index contributed by atoms with van der Waals surface area (Å²) in [5.41, 5.74) is 2.43. The lowest BCUT2D eigenvalue weighted by atomic mass is 9.81. The van der Waals surface area contributed by atoms with Crippen LogP contribution in [-0.4, -0.2) is 10.4 Å². The van der Waals surface area contributed by atoms with Crippen molar-refractivity contribution in [2.24, 2.45) is 0 Å². The topological polar surface area (TPSA) is 12.9 Å². The van der Waals surface area contributed by atoms with Crippen LogP contribution in [0.4, 0.5) is 0 Å². The van der Waals surface area contributed by atoms with Gasteiger partial charge in [0.15, 0.2) is 0 Å². The van der Waals surface area contributed by atoms with E-state index in [0.29, 0.717) is 0 Å². The van der Waals surface area contributed by atoms with E-state index in [0.717, 1.165) is 12.1 Å². The SMILES string of the molecule is Cc1ccc(C(C)(C)CC(C)Cl)cn1. The number of pyridine rings is 1. The van der Waals surface area contributed by atoms with Gasteiger partial charge in [-0.1, -0.05) is 19.9 Å². The van der Waals surface area contributed by atoms with Gasteiger partial charge in [-0.25, -0.2) is 0 Å². The molecule has 1 nitrogen and oxygen atoms in total. The van der Waals surface area contributed by atoms with E-state index in [9.17, 15) is 0 Å². The van der Waals surface area contributed by atoms with Crippen LogP contribution in [0.5, 0.6) is 0 Å². The fraction of sp³-hybridized carbons (Fsp3) is 0.583. The quantitative estimate of drug-likeness (QED) is 0.695. The van der Waals surface area contributed by atoms with Crippen molar-refractivity contribution >= 4 is 11.6 Å². The Morgan fingerprint density at radius 3 is 2.50 bits per heavy atom. The molecule has 1 aromatic heterocycles. The molecule has 0 radical (unpaired) electrons. The van der Waals surface area contributed by atoms with Crippen LogP contribution in [0, 0.1) is 6.92 Å². The van der Waals surface area contributed by atoms with Gasteiger partial charge in [0, 0.05) is 17.3 Å². The monoisotopic (exact) mass is 211 g/mol. The summed E-state index contributed by atoms with van der Waals surface area (Å²) < 4.78 is 0. The first-order valence-corrected chi connectivity index (χ1v) is 5.42. The maximum absolute atomic E-state index is 6.02. The van der Waals surface area contributed by atoms with Crippen molar-refractivity contribution < 1.29 is 0 Å². The van der Waals surface area contributed by atoms with Crippen molar-refractivity contribution in [2.75, 3.05) is 0 Å². The van der Waals surface area contributed by atoms with Crippen LogP contribution >= 0.6 is 11.6 Å². The molecule has 1 unspecified atom stereocenters. The molecule has 1 rings (SSSR count). The van der Waals surface area contributed by atoms with E-state index in [1.807, 2.05) is 20.0 Å². The summed E-state index contributed by atoms with van der Waals surface area (Å²) in [7, 11) is 0. The molecule has 0 bridgehead atoms. The maximum atomic E-state index is 6.02. The fourth-order valence-electron chi connectivity index (χ4n) is 1.69. The lowest BCUT2D eigenvalue weighted by Gasteiger charge is -2.26. The van der Waals surface area contributed by atoms with Crippen molar-refractivity contribution in [2.45, 2.75) is 44.9 Å². The number of alkyl halides is 1. The molecule has 0 saturated heterocycles. The smallest absolute Gasteiger partial charge is 0.0372 e. The molecule has 78 valence electrons. The van der Waals surface area contributed by atoms with Gasteiger partial charge in [0.05, 0.1) is 0 Å². The Labute approximate surface area is 91.5 Å². The van der Waals surface area contributed by atoms with E-state index in [1.165, 1.54) is 5.56 Å². The number of halogens is 1. The van der Waals surface area contributed by atoms with Gasteiger partial charge in [0.25, 0.3) is 0 Å². The highest BCUT2D eigenvalue weighted by atomic mass is 35.5. The second-order valence-electron chi connectivity index (χ2n) is 4.56.